The van der Waals surface area contributed by atoms with Crippen LogP contribution in [-0.2, 0) is 0 Å². The average molecular weight is 250 g/mol. The third-order valence-electron chi connectivity index (χ3n) is 2.81. The second-order valence-electron chi connectivity index (χ2n) is 5.26. The van der Waals surface area contributed by atoms with Crippen molar-refractivity contribution in [1.29, 1.82) is 0 Å². The van der Waals surface area contributed by atoms with Crippen molar-refractivity contribution in [2.24, 2.45) is 0 Å². The molecule has 1 aromatic carbocycles. The number of benzene rings is 1. The van der Waals surface area contributed by atoms with Crippen molar-refractivity contribution in [3.63, 3.8) is 0 Å². The molecular weight excluding hydrogens is 228 g/mol. The Morgan fingerprint density at radius 3 is 2.61 bits per heavy atom. The first kappa shape index (κ1) is 14.5. The van der Waals surface area contributed by atoms with Gasteiger partial charge in [0.1, 0.15) is 0 Å². The van der Waals surface area contributed by atoms with Crippen LogP contribution in [0.15, 0.2) is 24.3 Å². The number of anilines is 1. The van der Waals surface area contributed by atoms with E-state index in [-0.39, 0.29) is 12.5 Å². The van der Waals surface area contributed by atoms with Gasteiger partial charge in [-0.05, 0) is 38.5 Å². The minimum Gasteiger partial charge on any atom is -0.396 e. The number of aliphatic hydroxyl groups excluding tert-OH is 1. The summed E-state index contributed by atoms with van der Waals surface area (Å²) in [4.78, 5) is 14.1. The summed E-state index contributed by atoms with van der Waals surface area (Å²) >= 11 is 0. The number of amides is 1. The smallest absolute Gasteiger partial charge is 0.251 e. The predicted octanol–water partition coefficient (Wildman–Crippen LogP) is 1.64. The van der Waals surface area contributed by atoms with Crippen LogP contribution in [0.2, 0.25) is 0 Å². The maximum atomic E-state index is 12.1. The highest BCUT2D eigenvalue weighted by Gasteiger charge is 2.20. The normalized spacial score (nSPS) is 11.2. The molecule has 2 N–H and O–H groups in total. The maximum absolute atomic E-state index is 12.1. The van der Waals surface area contributed by atoms with Crippen molar-refractivity contribution < 1.29 is 9.90 Å². The standard InChI is InChI=1S/C14H22N2O2/c1-14(2,8-9-17)15-13(18)11-6-5-7-12(10-11)16(3)4/h5-7,10,17H,8-9H2,1-4H3,(H,15,18). The number of carbonyl (C=O) groups excluding carboxylic acids is 1. The molecule has 18 heavy (non-hydrogen) atoms. The molecule has 4 heteroatoms. The van der Waals surface area contributed by atoms with Crippen LogP contribution in [-0.4, -0.2) is 37.3 Å². The molecule has 1 rings (SSSR count). The van der Waals surface area contributed by atoms with Gasteiger partial charge in [0.25, 0.3) is 5.91 Å². The molecule has 0 fully saturated rings. The first-order chi connectivity index (χ1) is 8.35. The molecule has 0 aromatic heterocycles. The van der Waals surface area contributed by atoms with Gasteiger partial charge in [0.15, 0.2) is 0 Å². The molecule has 4 nitrogen and oxygen atoms in total. The molecule has 0 unspecified atom stereocenters. The van der Waals surface area contributed by atoms with Crippen LogP contribution in [0.25, 0.3) is 0 Å². The van der Waals surface area contributed by atoms with Gasteiger partial charge in [0.2, 0.25) is 0 Å². The van der Waals surface area contributed by atoms with Crippen LogP contribution in [0, 0.1) is 0 Å². The van der Waals surface area contributed by atoms with Crippen LogP contribution >= 0.6 is 0 Å². The van der Waals surface area contributed by atoms with E-state index >= 15 is 0 Å². The highest BCUT2D eigenvalue weighted by molar-refractivity contribution is 5.95. The molecular formula is C14H22N2O2. The van der Waals surface area contributed by atoms with Gasteiger partial charge in [-0.15, -0.1) is 0 Å². The molecule has 100 valence electrons. The van der Waals surface area contributed by atoms with Crippen molar-refractivity contribution >= 4 is 11.6 Å². The molecule has 1 amide bonds. The van der Waals surface area contributed by atoms with Gasteiger partial charge in [0.05, 0.1) is 0 Å². The van der Waals surface area contributed by atoms with Crippen LogP contribution in [0.3, 0.4) is 0 Å². The lowest BCUT2D eigenvalue weighted by Gasteiger charge is -2.25. The zero-order chi connectivity index (χ0) is 13.8. The van der Waals surface area contributed by atoms with Crippen molar-refractivity contribution in [2.75, 3.05) is 25.6 Å². The van der Waals surface area contributed by atoms with E-state index in [4.69, 9.17) is 5.11 Å². The predicted molar refractivity (Wildman–Crippen MR) is 74.0 cm³/mol. The zero-order valence-electron chi connectivity index (χ0n) is 11.5. The third-order valence-corrected chi connectivity index (χ3v) is 2.81. The largest absolute Gasteiger partial charge is 0.396 e. The number of carbonyl (C=O) groups is 1. The average Bonchev–Trinajstić information content (AvgIpc) is 2.28. The van der Waals surface area contributed by atoms with Crippen LogP contribution < -0.4 is 10.2 Å². The van der Waals surface area contributed by atoms with E-state index in [1.165, 1.54) is 0 Å². The first-order valence-electron chi connectivity index (χ1n) is 6.06. The fraction of sp³-hybridized carbons (Fsp3) is 0.500. The Morgan fingerprint density at radius 2 is 2.06 bits per heavy atom. The number of aliphatic hydroxyl groups is 1. The van der Waals surface area contributed by atoms with Gasteiger partial charge in [-0.1, -0.05) is 6.07 Å². The van der Waals surface area contributed by atoms with Gasteiger partial charge < -0.3 is 15.3 Å². The van der Waals surface area contributed by atoms with E-state index in [2.05, 4.69) is 5.32 Å². The summed E-state index contributed by atoms with van der Waals surface area (Å²) in [5.74, 6) is -0.114. The Kier molecular flexibility index (Phi) is 4.73. The Hall–Kier alpha value is -1.55. The zero-order valence-corrected chi connectivity index (χ0v) is 11.5. The third kappa shape index (κ3) is 4.04. The molecule has 0 aliphatic rings. The summed E-state index contributed by atoms with van der Waals surface area (Å²) in [6.45, 7) is 3.86. The Balaban J connectivity index is 2.81. The van der Waals surface area contributed by atoms with E-state index in [1.54, 1.807) is 6.07 Å². The SMILES string of the molecule is CN(C)c1cccc(C(=O)NC(C)(C)CCO)c1. The molecule has 0 spiro atoms. The van der Waals surface area contributed by atoms with Crippen molar-refractivity contribution in [3.05, 3.63) is 29.8 Å². The number of nitrogens with zero attached hydrogens (tertiary/aromatic N) is 1. The first-order valence-corrected chi connectivity index (χ1v) is 6.06. The molecule has 0 aliphatic carbocycles. The fourth-order valence-electron chi connectivity index (χ4n) is 1.65. The molecule has 0 heterocycles. The highest BCUT2D eigenvalue weighted by atomic mass is 16.3. The lowest BCUT2D eigenvalue weighted by Crippen LogP contribution is -2.44. The fourth-order valence-corrected chi connectivity index (χ4v) is 1.65. The van der Waals surface area contributed by atoms with Gasteiger partial charge in [-0.25, -0.2) is 0 Å². The molecule has 1 aromatic rings. The van der Waals surface area contributed by atoms with E-state index in [1.807, 2.05) is 51.0 Å². The maximum Gasteiger partial charge on any atom is 0.251 e. The molecule has 0 bridgehead atoms. The van der Waals surface area contributed by atoms with Crippen LogP contribution in [0.4, 0.5) is 5.69 Å². The Morgan fingerprint density at radius 1 is 1.39 bits per heavy atom. The number of hydrogen-bond donors (Lipinski definition) is 2. The quantitative estimate of drug-likeness (QED) is 0.835. The van der Waals surface area contributed by atoms with Crippen molar-refractivity contribution in [1.82, 2.24) is 5.32 Å². The molecule has 0 saturated carbocycles. The molecule has 0 aliphatic heterocycles. The van der Waals surface area contributed by atoms with Crippen molar-refractivity contribution in [2.45, 2.75) is 25.8 Å². The Labute approximate surface area is 109 Å². The summed E-state index contributed by atoms with van der Waals surface area (Å²) in [5.41, 5.74) is 1.22. The van der Waals surface area contributed by atoms with E-state index < -0.39 is 5.54 Å². The molecule has 0 atom stereocenters. The molecule has 0 saturated heterocycles. The monoisotopic (exact) mass is 250 g/mol. The minimum atomic E-state index is -0.403. The summed E-state index contributed by atoms with van der Waals surface area (Å²) in [6.07, 6.45) is 0.534. The van der Waals surface area contributed by atoms with Gasteiger partial charge in [0, 0.05) is 37.5 Å². The van der Waals surface area contributed by atoms with E-state index in [0.29, 0.717) is 12.0 Å². The van der Waals surface area contributed by atoms with Crippen molar-refractivity contribution in [3.8, 4) is 0 Å². The van der Waals surface area contributed by atoms with E-state index in [9.17, 15) is 4.79 Å². The lowest BCUT2D eigenvalue weighted by atomic mass is 10.0. The lowest BCUT2D eigenvalue weighted by molar-refractivity contribution is 0.0899. The number of nitrogens with one attached hydrogen (secondary N) is 1. The summed E-state index contributed by atoms with van der Waals surface area (Å²) in [5, 5.41) is 11.9. The second kappa shape index (κ2) is 5.87. The van der Waals surface area contributed by atoms with Gasteiger partial charge in [-0.2, -0.15) is 0 Å². The number of rotatable bonds is 5. The Bertz CT molecular complexity index is 414. The van der Waals surface area contributed by atoms with Gasteiger partial charge in [-0.3, -0.25) is 4.79 Å². The van der Waals surface area contributed by atoms with Gasteiger partial charge >= 0.3 is 0 Å². The van der Waals surface area contributed by atoms with Crippen LogP contribution in [0.1, 0.15) is 30.6 Å². The summed E-state index contributed by atoms with van der Waals surface area (Å²) < 4.78 is 0. The number of hydrogen-bond acceptors (Lipinski definition) is 3. The second-order valence-corrected chi connectivity index (χ2v) is 5.26. The highest BCUT2D eigenvalue weighted by Crippen LogP contribution is 2.15. The topological polar surface area (TPSA) is 52.6 Å². The van der Waals surface area contributed by atoms with E-state index in [0.717, 1.165) is 5.69 Å². The summed E-state index contributed by atoms with van der Waals surface area (Å²) in [6, 6.07) is 7.46. The summed E-state index contributed by atoms with van der Waals surface area (Å²) in [7, 11) is 3.87. The molecule has 0 radical (unpaired) electrons. The van der Waals surface area contributed by atoms with Crippen LogP contribution in [0.5, 0.6) is 0 Å². The minimum absolute atomic E-state index is 0.0605.